The molecule has 4 aromatic rings. The molecule has 0 radical (unpaired) electrons. The highest BCUT2D eigenvalue weighted by atomic mass is 19.1. The van der Waals surface area contributed by atoms with Gasteiger partial charge >= 0.3 is 5.97 Å². The van der Waals surface area contributed by atoms with Crippen LogP contribution in [0.1, 0.15) is 12.5 Å². The first-order valence-electron chi connectivity index (χ1n) is 10.8. The van der Waals surface area contributed by atoms with Crippen LogP contribution in [0, 0.1) is 5.82 Å². The van der Waals surface area contributed by atoms with Crippen LogP contribution >= 0.6 is 0 Å². The lowest BCUT2D eigenvalue weighted by atomic mass is 10.1. The number of esters is 1. The highest BCUT2D eigenvalue weighted by Crippen LogP contribution is 2.32. The van der Waals surface area contributed by atoms with Crippen molar-refractivity contribution in [3.05, 3.63) is 78.9 Å². The van der Waals surface area contributed by atoms with E-state index in [9.17, 15) is 14.0 Å². The van der Waals surface area contributed by atoms with Crippen molar-refractivity contribution >= 4 is 28.7 Å². The molecule has 0 unspecified atom stereocenters. The Morgan fingerprint density at radius 3 is 2.69 bits per heavy atom. The summed E-state index contributed by atoms with van der Waals surface area (Å²) in [7, 11) is 0. The zero-order valence-corrected chi connectivity index (χ0v) is 19.0. The van der Waals surface area contributed by atoms with Gasteiger partial charge in [-0.25, -0.2) is 19.0 Å². The van der Waals surface area contributed by atoms with Gasteiger partial charge in [-0.1, -0.05) is 36.9 Å². The summed E-state index contributed by atoms with van der Waals surface area (Å²) in [4.78, 5) is 33.9. The first-order chi connectivity index (χ1) is 16.9. The molecule has 0 fully saturated rings. The van der Waals surface area contributed by atoms with Crippen LogP contribution in [0.5, 0.6) is 5.75 Å². The highest BCUT2D eigenvalue weighted by molar-refractivity contribution is 5.98. The summed E-state index contributed by atoms with van der Waals surface area (Å²) < 4.78 is 21.0. The number of anilines is 1. The topological polar surface area (TPSA) is 116 Å². The van der Waals surface area contributed by atoms with Gasteiger partial charge in [-0.15, -0.1) is 0 Å². The van der Waals surface area contributed by atoms with Gasteiger partial charge in [0, 0.05) is 31.6 Å². The second kappa shape index (κ2) is 10.1. The number of carbonyl (C=O) groups is 2. The minimum atomic E-state index is -0.609. The van der Waals surface area contributed by atoms with E-state index in [2.05, 4.69) is 21.6 Å². The number of hydrogen-bond acceptors (Lipinski definition) is 7. The van der Waals surface area contributed by atoms with E-state index in [0.29, 0.717) is 35.4 Å². The van der Waals surface area contributed by atoms with E-state index in [4.69, 9.17) is 10.5 Å². The predicted molar refractivity (Wildman–Crippen MR) is 128 cm³/mol. The summed E-state index contributed by atoms with van der Waals surface area (Å²) in [5, 5.41) is 5.04. The first kappa shape index (κ1) is 23.6. The molecule has 4 rings (SSSR count). The average Bonchev–Trinajstić information content (AvgIpc) is 3.21. The molecule has 0 aliphatic rings. The third-order valence-electron chi connectivity index (χ3n) is 5.25. The monoisotopic (exact) mass is 474 g/mol. The number of carbonyl (C=O) groups excluding carboxylic acids is 2. The third-order valence-corrected chi connectivity index (χ3v) is 5.25. The molecule has 0 saturated heterocycles. The van der Waals surface area contributed by atoms with Crippen molar-refractivity contribution in [3.63, 3.8) is 0 Å². The Bertz CT molecular complexity index is 1400. The molecule has 0 saturated carbocycles. The van der Waals surface area contributed by atoms with Crippen LogP contribution in [0.3, 0.4) is 0 Å². The van der Waals surface area contributed by atoms with Gasteiger partial charge in [0.2, 0.25) is 5.91 Å². The molecule has 2 aromatic carbocycles. The third kappa shape index (κ3) is 5.32. The Labute approximate surface area is 200 Å². The first-order valence-corrected chi connectivity index (χ1v) is 10.8. The van der Waals surface area contributed by atoms with Crippen LogP contribution < -0.4 is 10.5 Å². The Kier molecular flexibility index (Phi) is 6.81. The van der Waals surface area contributed by atoms with Crippen molar-refractivity contribution in [2.45, 2.75) is 20.0 Å². The second-order valence-corrected chi connectivity index (χ2v) is 7.75. The van der Waals surface area contributed by atoms with Crippen molar-refractivity contribution in [2.75, 3.05) is 12.3 Å². The molecule has 9 nitrogen and oxygen atoms in total. The number of benzene rings is 2. The van der Waals surface area contributed by atoms with Gasteiger partial charge in [-0.05, 0) is 23.8 Å². The van der Waals surface area contributed by atoms with Crippen LogP contribution in [0.4, 0.5) is 10.2 Å². The van der Waals surface area contributed by atoms with Crippen LogP contribution in [-0.2, 0) is 22.7 Å². The van der Waals surface area contributed by atoms with Crippen LogP contribution in [-0.4, -0.2) is 43.1 Å². The number of nitrogen functional groups attached to an aromatic ring is 1. The fourth-order valence-corrected chi connectivity index (χ4v) is 3.73. The van der Waals surface area contributed by atoms with Crippen molar-refractivity contribution in [1.82, 2.24) is 24.6 Å². The molecule has 10 heteroatoms. The van der Waals surface area contributed by atoms with Crippen LogP contribution in [0.25, 0.3) is 22.3 Å². The fourth-order valence-electron chi connectivity index (χ4n) is 3.73. The number of aromatic nitrogens is 4. The van der Waals surface area contributed by atoms with Gasteiger partial charge in [0.1, 0.15) is 29.4 Å². The number of rotatable bonds is 8. The molecule has 0 spiro atoms. The normalized spacial score (nSPS) is 10.8. The van der Waals surface area contributed by atoms with E-state index in [1.165, 1.54) is 31.5 Å². The fraction of sp³-hybridized carbons (Fsp3) is 0.160. The van der Waals surface area contributed by atoms with Gasteiger partial charge in [0.25, 0.3) is 0 Å². The van der Waals surface area contributed by atoms with Gasteiger partial charge in [-0.2, -0.15) is 5.10 Å². The number of halogens is 1. The van der Waals surface area contributed by atoms with E-state index in [1.807, 2.05) is 30.3 Å². The number of fused-ring (bicyclic) bond motifs is 1. The maximum absolute atomic E-state index is 14.3. The number of hydrogen-bond donors (Lipinski definition) is 1. The SMILES string of the molecule is C=CC(=O)N(CCn1nc(-c2cc(F)cc(OC(C)=O)c2)c2c(N)ncnc21)Cc1ccccc1. The molecule has 178 valence electrons. The van der Waals surface area contributed by atoms with E-state index < -0.39 is 11.8 Å². The molecule has 1 amide bonds. The lowest BCUT2D eigenvalue weighted by Gasteiger charge is -2.21. The number of nitrogens with two attached hydrogens (primary N) is 1. The van der Waals surface area contributed by atoms with Gasteiger partial charge in [-0.3, -0.25) is 9.59 Å². The predicted octanol–water partition coefficient (Wildman–Crippen LogP) is 3.35. The zero-order chi connectivity index (χ0) is 24.9. The minimum absolute atomic E-state index is 0.0382. The van der Waals surface area contributed by atoms with Crippen LogP contribution in [0.2, 0.25) is 0 Å². The summed E-state index contributed by atoms with van der Waals surface area (Å²) in [5.74, 6) is -1.21. The van der Waals surface area contributed by atoms with E-state index in [0.717, 1.165) is 11.6 Å². The number of amides is 1. The standard InChI is InChI=1S/C25H23FN6O3/c1-3-21(34)31(14-17-7-5-4-6-8-17)9-10-32-25-22(24(27)28-15-29-25)23(30-32)18-11-19(26)13-20(12-18)35-16(2)33/h3-8,11-13,15H,1,9-10,14H2,2H3,(H2,27,28,29). The summed E-state index contributed by atoms with van der Waals surface area (Å²) in [5.41, 5.74) is 8.20. The van der Waals surface area contributed by atoms with E-state index in [-0.39, 0.29) is 24.0 Å². The van der Waals surface area contributed by atoms with Crippen molar-refractivity contribution in [3.8, 4) is 17.0 Å². The molecule has 0 bridgehead atoms. The van der Waals surface area contributed by atoms with Gasteiger partial charge < -0.3 is 15.4 Å². The molecule has 2 aromatic heterocycles. The lowest BCUT2D eigenvalue weighted by molar-refractivity contribution is -0.132. The summed E-state index contributed by atoms with van der Waals surface area (Å²) >= 11 is 0. The molecule has 0 aliphatic carbocycles. The molecule has 2 N–H and O–H groups in total. The molecule has 0 atom stereocenters. The number of nitrogens with zero attached hydrogens (tertiary/aromatic N) is 5. The average molecular weight is 474 g/mol. The van der Waals surface area contributed by atoms with Gasteiger partial charge in [0.05, 0.1) is 11.9 Å². The Balaban J connectivity index is 1.70. The minimum Gasteiger partial charge on any atom is -0.427 e. The molecular formula is C25H23FN6O3. The second-order valence-electron chi connectivity index (χ2n) is 7.75. The van der Waals surface area contributed by atoms with Crippen molar-refractivity contribution in [1.29, 1.82) is 0 Å². The van der Waals surface area contributed by atoms with Crippen molar-refractivity contribution < 1.29 is 18.7 Å². The lowest BCUT2D eigenvalue weighted by Crippen LogP contribution is -2.32. The Morgan fingerprint density at radius 1 is 1.20 bits per heavy atom. The summed E-state index contributed by atoms with van der Waals surface area (Å²) in [6, 6.07) is 13.4. The Hall–Kier alpha value is -4.60. The largest absolute Gasteiger partial charge is 0.427 e. The maximum atomic E-state index is 14.3. The van der Waals surface area contributed by atoms with Crippen LogP contribution in [0.15, 0.2) is 67.5 Å². The molecular weight excluding hydrogens is 451 g/mol. The van der Waals surface area contributed by atoms with Crippen molar-refractivity contribution in [2.24, 2.45) is 0 Å². The zero-order valence-electron chi connectivity index (χ0n) is 19.0. The molecule has 35 heavy (non-hydrogen) atoms. The number of ether oxygens (including phenoxy) is 1. The Morgan fingerprint density at radius 2 is 1.97 bits per heavy atom. The summed E-state index contributed by atoms with van der Waals surface area (Å²) in [6.07, 6.45) is 2.57. The van der Waals surface area contributed by atoms with Gasteiger partial charge in [0.15, 0.2) is 5.65 Å². The summed E-state index contributed by atoms with van der Waals surface area (Å²) in [6.45, 7) is 5.81. The molecule has 2 heterocycles. The smallest absolute Gasteiger partial charge is 0.308 e. The molecule has 0 aliphatic heterocycles. The van der Waals surface area contributed by atoms with E-state index in [1.54, 1.807) is 9.58 Å². The highest BCUT2D eigenvalue weighted by Gasteiger charge is 2.20. The van der Waals surface area contributed by atoms with E-state index >= 15 is 0 Å². The quantitative estimate of drug-likeness (QED) is 0.236. The maximum Gasteiger partial charge on any atom is 0.308 e.